The second kappa shape index (κ2) is 6.99. The van der Waals surface area contributed by atoms with Crippen molar-refractivity contribution in [3.05, 3.63) is 108 Å². The van der Waals surface area contributed by atoms with Crippen LogP contribution >= 0.6 is 11.6 Å². The van der Waals surface area contributed by atoms with Crippen LogP contribution in [0, 0.1) is 0 Å². The van der Waals surface area contributed by atoms with Crippen molar-refractivity contribution in [2.45, 2.75) is 0 Å². The average molecular weight is 445 g/mol. The van der Waals surface area contributed by atoms with Crippen LogP contribution in [-0.4, -0.2) is 0 Å². The maximum absolute atomic E-state index is 6.42. The molecule has 0 aliphatic rings. The number of hydrogen-bond donors (Lipinski definition) is 0. The summed E-state index contributed by atoms with van der Waals surface area (Å²) in [5.41, 5.74) is 7.96. The van der Waals surface area contributed by atoms with Gasteiger partial charge in [-0.1, -0.05) is 72.3 Å². The van der Waals surface area contributed by atoms with Crippen LogP contribution < -0.4 is 0 Å². The topological polar surface area (TPSA) is 26.3 Å². The van der Waals surface area contributed by atoms with Gasteiger partial charge in [-0.15, -0.1) is 0 Å². The summed E-state index contributed by atoms with van der Waals surface area (Å²) in [4.78, 5) is 0. The molecule has 0 aliphatic carbocycles. The molecule has 0 atom stereocenters. The summed E-state index contributed by atoms with van der Waals surface area (Å²) in [6, 6.07) is 35.0. The van der Waals surface area contributed by atoms with Crippen LogP contribution in [0.3, 0.4) is 0 Å². The largest absolute Gasteiger partial charge is 0.456 e. The lowest BCUT2D eigenvalue weighted by Gasteiger charge is -2.09. The van der Waals surface area contributed by atoms with E-state index in [2.05, 4.69) is 48.5 Å². The van der Waals surface area contributed by atoms with Crippen molar-refractivity contribution in [1.82, 2.24) is 0 Å². The molecular formula is C30H17ClO2. The summed E-state index contributed by atoms with van der Waals surface area (Å²) in [5, 5.41) is 5.18. The van der Waals surface area contributed by atoms with Gasteiger partial charge in [0.1, 0.15) is 22.3 Å². The summed E-state index contributed by atoms with van der Waals surface area (Å²) < 4.78 is 12.5. The molecule has 0 bridgehead atoms. The number of hydrogen-bond acceptors (Lipinski definition) is 2. The molecule has 3 heteroatoms. The molecule has 0 aliphatic heterocycles. The smallest absolute Gasteiger partial charge is 0.143 e. The normalized spacial score (nSPS) is 11.8. The van der Waals surface area contributed by atoms with E-state index in [-0.39, 0.29) is 0 Å². The lowest BCUT2D eigenvalue weighted by Crippen LogP contribution is -1.84. The Balaban J connectivity index is 1.55. The minimum Gasteiger partial charge on any atom is -0.456 e. The van der Waals surface area contributed by atoms with Crippen molar-refractivity contribution in [2.75, 3.05) is 0 Å². The van der Waals surface area contributed by atoms with Crippen molar-refractivity contribution >= 4 is 55.5 Å². The van der Waals surface area contributed by atoms with E-state index in [9.17, 15) is 0 Å². The Morgan fingerprint density at radius 2 is 1.12 bits per heavy atom. The molecule has 0 radical (unpaired) electrons. The Kier molecular flexibility index (Phi) is 3.93. The molecule has 156 valence electrons. The van der Waals surface area contributed by atoms with Gasteiger partial charge in [-0.25, -0.2) is 0 Å². The molecule has 2 heterocycles. The zero-order valence-electron chi connectivity index (χ0n) is 17.5. The summed E-state index contributed by atoms with van der Waals surface area (Å²) in [5.74, 6) is 0. The third kappa shape index (κ3) is 2.81. The highest BCUT2D eigenvalue weighted by Gasteiger charge is 2.18. The molecule has 0 saturated carbocycles. The molecule has 7 aromatic rings. The van der Waals surface area contributed by atoms with Gasteiger partial charge in [-0.2, -0.15) is 0 Å². The van der Waals surface area contributed by atoms with Gasteiger partial charge in [0.15, 0.2) is 0 Å². The van der Waals surface area contributed by atoms with Crippen molar-refractivity contribution < 1.29 is 8.83 Å². The van der Waals surface area contributed by atoms with E-state index in [0.29, 0.717) is 0 Å². The molecule has 2 nitrogen and oxygen atoms in total. The standard InChI is InChI=1S/C30H17ClO2/c31-20-12-9-18(10-13-20)22-15-14-21(29-24-6-2-4-8-27(24)33-30(22)29)19-11-16-28-25(17-19)23-5-1-3-7-26(23)32-28/h1-17H. The predicted octanol–water partition coefficient (Wildman–Crippen LogP) is 9.47. The maximum atomic E-state index is 6.42. The first-order valence-corrected chi connectivity index (χ1v) is 11.3. The number of furan rings is 2. The number of fused-ring (bicyclic) bond motifs is 6. The summed E-state index contributed by atoms with van der Waals surface area (Å²) in [6.07, 6.45) is 0. The van der Waals surface area contributed by atoms with Gasteiger partial charge >= 0.3 is 0 Å². The van der Waals surface area contributed by atoms with Crippen LogP contribution in [-0.2, 0) is 0 Å². The molecule has 0 amide bonds. The van der Waals surface area contributed by atoms with E-state index in [0.717, 1.165) is 71.2 Å². The minimum atomic E-state index is 0.719. The van der Waals surface area contributed by atoms with Gasteiger partial charge in [0.25, 0.3) is 0 Å². The van der Waals surface area contributed by atoms with Crippen LogP contribution in [0.25, 0.3) is 66.1 Å². The van der Waals surface area contributed by atoms with Crippen LogP contribution in [0.5, 0.6) is 0 Å². The van der Waals surface area contributed by atoms with Crippen molar-refractivity contribution in [3.63, 3.8) is 0 Å². The van der Waals surface area contributed by atoms with E-state index < -0.39 is 0 Å². The SMILES string of the molecule is Clc1ccc(-c2ccc(-c3ccc4oc5ccccc5c4c3)c3c2oc2ccccc23)cc1. The fraction of sp³-hybridized carbons (Fsp3) is 0. The van der Waals surface area contributed by atoms with E-state index in [1.54, 1.807) is 0 Å². The fourth-order valence-electron chi connectivity index (χ4n) is 4.82. The van der Waals surface area contributed by atoms with Gasteiger partial charge in [-0.3, -0.25) is 0 Å². The Labute approximate surface area is 194 Å². The zero-order chi connectivity index (χ0) is 21.9. The van der Waals surface area contributed by atoms with Crippen LogP contribution in [0.4, 0.5) is 0 Å². The molecule has 0 N–H and O–H groups in total. The van der Waals surface area contributed by atoms with E-state index in [1.807, 2.05) is 54.6 Å². The van der Waals surface area contributed by atoms with Gasteiger partial charge < -0.3 is 8.83 Å². The van der Waals surface area contributed by atoms with E-state index in [1.165, 1.54) is 0 Å². The Bertz CT molecular complexity index is 1820. The average Bonchev–Trinajstić information content (AvgIpc) is 3.42. The van der Waals surface area contributed by atoms with E-state index in [4.69, 9.17) is 20.4 Å². The third-order valence-corrected chi connectivity index (χ3v) is 6.62. The second-order valence-electron chi connectivity index (χ2n) is 8.28. The van der Waals surface area contributed by atoms with Gasteiger partial charge in [-0.05, 0) is 59.2 Å². The number of halogens is 1. The lowest BCUT2D eigenvalue weighted by molar-refractivity contribution is 0.669. The van der Waals surface area contributed by atoms with Crippen molar-refractivity contribution in [2.24, 2.45) is 0 Å². The Morgan fingerprint density at radius 3 is 1.94 bits per heavy atom. The molecule has 2 aromatic heterocycles. The quantitative estimate of drug-likeness (QED) is 0.265. The number of rotatable bonds is 2. The van der Waals surface area contributed by atoms with Crippen LogP contribution in [0.2, 0.25) is 5.02 Å². The van der Waals surface area contributed by atoms with Crippen LogP contribution in [0.15, 0.2) is 112 Å². The monoisotopic (exact) mass is 444 g/mol. The molecule has 0 unspecified atom stereocenters. The number of benzene rings is 5. The lowest BCUT2D eigenvalue weighted by atomic mass is 9.94. The molecule has 5 aromatic carbocycles. The second-order valence-corrected chi connectivity index (χ2v) is 8.72. The predicted molar refractivity (Wildman–Crippen MR) is 137 cm³/mol. The Hall–Kier alpha value is -4.01. The summed E-state index contributed by atoms with van der Waals surface area (Å²) >= 11 is 6.14. The maximum Gasteiger partial charge on any atom is 0.143 e. The van der Waals surface area contributed by atoms with Crippen molar-refractivity contribution in [3.8, 4) is 22.3 Å². The molecule has 0 saturated heterocycles. The highest BCUT2D eigenvalue weighted by atomic mass is 35.5. The summed E-state index contributed by atoms with van der Waals surface area (Å²) in [6.45, 7) is 0. The molecule has 7 rings (SSSR count). The van der Waals surface area contributed by atoms with Crippen LogP contribution in [0.1, 0.15) is 0 Å². The molecule has 0 fully saturated rings. The van der Waals surface area contributed by atoms with Gasteiger partial charge in [0.2, 0.25) is 0 Å². The third-order valence-electron chi connectivity index (χ3n) is 6.37. The van der Waals surface area contributed by atoms with Crippen molar-refractivity contribution in [1.29, 1.82) is 0 Å². The molecule has 0 spiro atoms. The number of para-hydroxylation sites is 2. The first kappa shape index (κ1) is 18.6. The van der Waals surface area contributed by atoms with E-state index >= 15 is 0 Å². The zero-order valence-corrected chi connectivity index (χ0v) is 18.3. The minimum absolute atomic E-state index is 0.719. The highest BCUT2D eigenvalue weighted by molar-refractivity contribution is 6.30. The van der Waals surface area contributed by atoms with Gasteiger partial charge in [0.05, 0.1) is 0 Å². The van der Waals surface area contributed by atoms with Gasteiger partial charge in [0, 0.05) is 32.1 Å². The highest BCUT2D eigenvalue weighted by Crippen LogP contribution is 2.43. The fourth-order valence-corrected chi connectivity index (χ4v) is 4.95. The Morgan fingerprint density at radius 1 is 0.485 bits per heavy atom. The first-order chi connectivity index (χ1) is 16.3. The molecular weight excluding hydrogens is 428 g/mol. The first-order valence-electron chi connectivity index (χ1n) is 10.9. The molecule has 33 heavy (non-hydrogen) atoms. The summed E-state index contributed by atoms with van der Waals surface area (Å²) in [7, 11) is 0.